The summed E-state index contributed by atoms with van der Waals surface area (Å²) < 4.78 is 43.3. The Morgan fingerprint density at radius 1 is 1.03 bits per heavy atom. The monoisotopic (exact) mass is 560 g/mol. The SMILES string of the molecule is COc1cc(N2CCC3(CC2)OCCO3)ccc1Nc1ncc(Cl)c(Nc2ccccc2NS(C)(=O)=O)n1. The molecule has 3 heterocycles. The van der Waals surface area contributed by atoms with Crippen molar-refractivity contribution in [1.82, 2.24) is 9.97 Å². The van der Waals surface area contributed by atoms with E-state index in [1.807, 2.05) is 18.2 Å². The summed E-state index contributed by atoms with van der Waals surface area (Å²) in [6.07, 6.45) is 4.17. The van der Waals surface area contributed by atoms with E-state index in [9.17, 15) is 8.42 Å². The Labute approximate surface area is 226 Å². The van der Waals surface area contributed by atoms with Gasteiger partial charge in [-0.25, -0.2) is 13.4 Å². The predicted octanol–water partition coefficient (Wildman–Crippen LogP) is 4.34. The van der Waals surface area contributed by atoms with Gasteiger partial charge in [0.05, 0.1) is 49.8 Å². The van der Waals surface area contributed by atoms with Gasteiger partial charge >= 0.3 is 0 Å². The van der Waals surface area contributed by atoms with E-state index in [4.69, 9.17) is 25.8 Å². The maximum atomic E-state index is 11.7. The van der Waals surface area contributed by atoms with Gasteiger partial charge in [-0.15, -0.1) is 0 Å². The van der Waals surface area contributed by atoms with Crippen molar-refractivity contribution in [2.45, 2.75) is 18.6 Å². The summed E-state index contributed by atoms with van der Waals surface area (Å²) in [7, 11) is -1.87. The topological polar surface area (TPSA) is 127 Å². The molecule has 13 heteroatoms. The molecular formula is C25H29ClN6O5S. The molecule has 0 amide bonds. The van der Waals surface area contributed by atoms with Crippen molar-refractivity contribution >= 4 is 56.1 Å². The van der Waals surface area contributed by atoms with Crippen LogP contribution in [0.5, 0.6) is 5.75 Å². The van der Waals surface area contributed by atoms with Crippen LogP contribution < -0.4 is 25.0 Å². The Hall–Kier alpha value is -3.32. The van der Waals surface area contributed by atoms with E-state index in [0.29, 0.717) is 41.8 Å². The normalized spacial score (nSPS) is 16.9. The van der Waals surface area contributed by atoms with Gasteiger partial charge in [-0.05, 0) is 24.3 Å². The summed E-state index contributed by atoms with van der Waals surface area (Å²) in [6, 6.07) is 12.7. The molecule has 11 nitrogen and oxygen atoms in total. The summed E-state index contributed by atoms with van der Waals surface area (Å²) in [5.74, 6) is 0.793. The second kappa shape index (κ2) is 10.8. The Morgan fingerprint density at radius 2 is 1.74 bits per heavy atom. The van der Waals surface area contributed by atoms with E-state index < -0.39 is 15.8 Å². The standard InChI is InChI=1S/C25H29ClN6O5S/c1-35-22-15-17(32-11-9-25(10-12-32)36-13-14-37-25)7-8-21(22)29-24-27-16-18(26)23(30-24)28-19-5-3-4-6-20(19)31-38(2,33)34/h3-8,15-16,31H,9-14H2,1-2H3,(H2,27,28,29,30). The first-order valence-corrected chi connectivity index (χ1v) is 14.3. The minimum Gasteiger partial charge on any atom is -0.494 e. The third-order valence-electron chi connectivity index (χ3n) is 6.36. The van der Waals surface area contributed by atoms with Crippen LogP contribution in [0.1, 0.15) is 12.8 Å². The van der Waals surface area contributed by atoms with Gasteiger partial charge in [0.2, 0.25) is 16.0 Å². The van der Waals surface area contributed by atoms with Crippen molar-refractivity contribution < 1.29 is 22.6 Å². The van der Waals surface area contributed by atoms with Crippen LogP contribution in [0, 0.1) is 0 Å². The van der Waals surface area contributed by atoms with Crippen LogP contribution in [-0.4, -0.2) is 63.8 Å². The second-order valence-electron chi connectivity index (χ2n) is 9.04. The zero-order chi connectivity index (χ0) is 26.8. The van der Waals surface area contributed by atoms with Crippen LogP contribution in [0.3, 0.4) is 0 Å². The molecule has 2 aliphatic heterocycles. The maximum Gasteiger partial charge on any atom is 0.229 e. The number of nitrogens with one attached hydrogen (secondary N) is 3. The van der Waals surface area contributed by atoms with Crippen molar-refractivity contribution in [3.63, 3.8) is 0 Å². The summed E-state index contributed by atoms with van der Waals surface area (Å²) in [4.78, 5) is 11.1. The molecular weight excluding hydrogens is 532 g/mol. The summed E-state index contributed by atoms with van der Waals surface area (Å²) in [5, 5.41) is 6.53. The highest BCUT2D eigenvalue weighted by Gasteiger charge is 2.39. The molecule has 0 saturated carbocycles. The molecule has 0 atom stereocenters. The average Bonchev–Trinajstić information content (AvgIpc) is 3.35. The van der Waals surface area contributed by atoms with Gasteiger partial charge in [0.1, 0.15) is 10.8 Å². The molecule has 1 aromatic heterocycles. The molecule has 38 heavy (non-hydrogen) atoms. The maximum absolute atomic E-state index is 11.7. The number of halogens is 1. The molecule has 2 fully saturated rings. The van der Waals surface area contributed by atoms with Crippen LogP contribution in [0.25, 0.3) is 0 Å². The number of methoxy groups -OCH3 is 1. The van der Waals surface area contributed by atoms with E-state index >= 15 is 0 Å². The van der Waals surface area contributed by atoms with Crippen LogP contribution in [-0.2, 0) is 19.5 Å². The molecule has 3 aromatic rings. The quantitative estimate of drug-likeness (QED) is 0.366. The highest BCUT2D eigenvalue weighted by Crippen LogP contribution is 2.37. The van der Waals surface area contributed by atoms with Crippen molar-refractivity contribution in [2.75, 3.05) is 59.9 Å². The molecule has 0 unspecified atom stereocenters. The van der Waals surface area contributed by atoms with Gasteiger partial charge in [-0.3, -0.25) is 4.72 Å². The number of aromatic nitrogens is 2. The van der Waals surface area contributed by atoms with Gasteiger partial charge in [0.15, 0.2) is 11.6 Å². The number of para-hydroxylation sites is 2. The first kappa shape index (κ1) is 26.3. The molecule has 0 radical (unpaired) electrons. The summed E-state index contributed by atoms with van der Waals surface area (Å²) in [5.41, 5.74) is 2.57. The highest BCUT2D eigenvalue weighted by atomic mass is 35.5. The number of benzene rings is 2. The van der Waals surface area contributed by atoms with E-state index in [1.54, 1.807) is 31.4 Å². The van der Waals surface area contributed by atoms with Crippen molar-refractivity contribution in [3.8, 4) is 5.75 Å². The highest BCUT2D eigenvalue weighted by molar-refractivity contribution is 7.92. The number of hydrogen-bond donors (Lipinski definition) is 3. The Bertz CT molecular complexity index is 1410. The van der Waals surface area contributed by atoms with Crippen LogP contribution in [0.15, 0.2) is 48.7 Å². The number of hydrogen-bond acceptors (Lipinski definition) is 10. The van der Waals surface area contributed by atoms with Gasteiger partial charge in [0, 0.05) is 37.7 Å². The molecule has 2 saturated heterocycles. The van der Waals surface area contributed by atoms with E-state index in [1.165, 1.54) is 6.20 Å². The van der Waals surface area contributed by atoms with Crippen LogP contribution >= 0.6 is 11.6 Å². The number of rotatable bonds is 8. The van der Waals surface area contributed by atoms with Crippen LogP contribution in [0.2, 0.25) is 5.02 Å². The van der Waals surface area contributed by atoms with Crippen molar-refractivity contribution in [3.05, 3.63) is 53.7 Å². The van der Waals surface area contributed by atoms with E-state index in [2.05, 4.69) is 30.2 Å². The fourth-order valence-corrected chi connectivity index (χ4v) is 5.23. The Kier molecular flexibility index (Phi) is 7.48. The van der Waals surface area contributed by atoms with E-state index in [0.717, 1.165) is 37.9 Å². The van der Waals surface area contributed by atoms with Gasteiger partial charge in [-0.1, -0.05) is 23.7 Å². The Morgan fingerprint density at radius 3 is 2.42 bits per heavy atom. The van der Waals surface area contributed by atoms with Gasteiger partial charge in [-0.2, -0.15) is 4.98 Å². The molecule has 5 rings (SSSR count). The summed E-state index contributed by atoms with van der Waals surface area (Å²) in [6.45, 7) is 2.95. The number of ether oxygens (including phenoxy) is 3. The van der Waals surface area contributed by atoms with E-state index in [-0.39, 0.29) is 11.0 Å². The minimum absolute atomic E-state index is 0.269. The molecule has 0 bridgehead atoms. The van der Waals surface area contributed by atoms with Crippen molar-refractivity contribution in [1.29, 1.82) is 0 Å². The zero-order valence-electron chi connectivity index (χ0n) is 21.0. The zero-order valence-corrected chi connectivity index (χ0v) is 22.6. The smallest absolute Gasteiger partial charge is 0.229 e. The fourth-order valence-electron chi connectivity index (χ4n) is 4.52. The number of nitrogens with zero attached hydrogens (tertiary/aromatic N) is 3. The first-order chi connectivity index (χ1) is 18.2. The van der Waals surface area contributed by atoms with Crippen LogP contribution in [0.4, 0.5) is 34.5 Å². The number of sulfonamides is 1. The third-order valence-corrected chi connectivity index (χ3v) is 7.22. The lowest BCUT2D eigenvalue weighted by atomic mass is 10.0. The lowest BCUT2D eigenvalue weighted by Gasteiger charge is -2.38. The molecule has 1 spiro atoms. The fraction of sp³-hybridized carbons (Fsp3) is 0.360. The predicted molar refractivity (Wildman–Crippen MR) is 148 cm³/mol. The van der Waals surface area contributed by atoms with Crippen molar-refractivity contribution in [2.24, 2.45) is 0 Å². The Balaban J connectivity index is 1.32. The first-order valence-electron chi connectivity index (χ1n) is 12.1. The minimum atomic E-state index is -3.47. The number of anilines is 6. The third kappa shape index (κ3) is 6.04. The molecule has 202 valence electrons. The molecule has 0 aliphatic carbocycles. The molecule has 2 aromatic carbocycles. The average molecular weight is 561 g/mol. The van der Waals surface area contributed by atoms with Gasteiger partial charge in [0.25, 0.3) is 0 Å². The largest absolute Gasteiger partial charge is 0.494 e. The molecule has 3 N–H and O–H groups in total. The lowest BCUT2D eigenvalue weighted by Crippen LogP contribution is -2.45. The lowest BCUT2D eigenvalue weighted by molar-refractivity contribution is -0.169. The number of piperidine rings is 1. The van der Waals surface area contributed by atoms with Gasteiger partial charge < -0.3 is 29.7 Å². The molecule has 2 aliphatic rings. The summed E-state index contributed by atoms with van der Waals surface area (Å²) >= 11 is 6.34. The second-order valence-corrected chi connectivity index (χ2v) is 11.2.